The van der Waals surface area contributed by atoms with Gasteiger partial charge in [0.1, 0.15) is 5.75 Å². The van der Waals surface area contributed by atoms with Gasteiger partial charge in [-0.05, 0) is 18.2 Å². The molecule has 0 heterocycles. The number of hydrogen-bond acceptors (Lipinski definition) is 4. The molecule has 0 amide bonds. The van der Waals surface area contributed by atoms with Crippen molar-refractivity contribution in [2.45, 2.75) is 0 Å². The summed E-state index contributed by atoms with van der Waals surface area (Å²) < 4.78 is 23.8. The molecule has 1 rings (SSSR count). The van der Waals surface area contributed by atoms with Gasteiger partial charge < -0.3 is 10.2 Å². The van der Waals surface area contributed by atoms with Gasteiger partial charge in [-0.2, -0.15) is 0 Å². The molecule has 0 radical (unpaired) electrons. The van der Waals surface area contributed by atoms with E-state index >= 15 is 0 Å². The first-order valence-electron chi connectivity index (χ1n) is 3.84. The molecular weight excluding hydrogens is 222 g/mol. The van der Waals surface area contributed by atoms with Crippen molar-refractivity contribution in [3.8, 4) is 5.75 Å². The van der Waals surface area contributed by atoms with Crippen LogP contribution in [-0.2, 0) is 10.0 Å². The zero-order valence-electron chi connectivity index (χ0n) is 7.76. The first-order valence-corrected chi connectivity index (χ1v) is 5.73. The van der Waals surface area contributed by atoms with Crippen LogP contribution in [0.25, 0.3) is 0 Å². The highest BCUT2D eigenvalue weighted by Crippen LogP contribution is 2.21. The first-order chi connectivity index (χ1) is 6.79. The van der Waals surface area contributed by atoms with Crippen molar-refractivity contribution < 1.29 is 23.4 Å². The number of aromatic carboxylic acids is 1. The third-order valence-corrected chi connectivity index (χ3v) is 2.12. The summed E-state index contributed by atoms with van der Waals surface area (Å²) in [6.07, 6.45) is 0.908. The lowest BCUT2D eigenvalue weighted by molar-refractivity contribution is 0.0697. The zero-order valence-corrected chi connectivity index (χ0v) is 8.58. The molecule has 0 unspecified atom stereocenters. The van der Waals surface area contributed by atoms with Gasteiger partial charge in [-0.3, -0.25) is 4.72 Å². The van der Waals surface area contributed by atoms with E-state index in [-0.39, 0.29) is 17.0 Å². The third-order valence-electron chi connectivity index (χ3n) is 1.53. The van der Waals surface area contributed by atoms with Crippen LogP contribution in [0, 0.1) is 0 Å². The highest BCUT2D eigenvalue weighted by Gasteiger charge is 2.13. The minimum Gasteiger partial charge on any atom is -0.508 e. The standard InChI is InChI=1S/C8H9NO5S/c1-15(13,14)9-7-3-2-5(10)4-6(7)8(11)12/h2-4,9-10H,1H3,(H,11,12). The molecule has 0 aliphatic heterocycles. The summed E-state index contributed by atoms with van der Waals surface area (Å²) in [5.41, 5.74) is -0.386. The van der Waals surface area contributed by atoms with E-state index in [0.29, 0.717) is 0 Å². The van der Waals surface area contributed by atoms with Crippen LogP contribution < -0.4 is 4.72 Å². The van der Waals surface area contributed by atoms with Crippen LogP contribution in [0.3, 0.4) is 0 Å². The van der Waals surface area contributed by atoms with Crippen molar-refractivity contribution in [3.05, 3.63) is 23.8 Å². The van der Waals surface area contributed by atoms with E-state index in [9.17, 15) is 13.2 Å². The van der Waals surface area contributed by atoms with Crippen LogP contribution in [0.2, 0.25) is 0 Å². The summed E-state index contributed by atoms with van der Waals surface area (Å²) in [4.78, 5) is 10.7. The predicted octanol–water partition coefficient (Wildman–Crippen LogP) is 0.462. The third kappa shape index (κ3) is 3.13. The highest BCUT2D eigenvalue weighted by atomic mass is 32.2. The van der Waals surface area contributed by atoms with E-state index in [2.05, 4.69) is 0 Å². The Morgan fingerprint density at radius 1 is 1.40 bits per heavy atom. The van der Waals surface area contributed by atoms with E-state index in [1.165, 1.54) is 12.1 Å². The molecule has 3 N–H and O–H groups in total. The van der Waals surface area contributed by atoms with Crippen molar-refractivity contribution in [1.29, 1.82) is 0 Å². The van der Waals surface area contributed by atoms with Crippen molar-refractivity contribution >= 4 is 21.7 Å². The molecule has 6 nitrogen and oxygen atoms in total. The molecule has 0 saturated heterocycles. The molecule has 0 aliphatic rings. The van der Waals surface area contributed by atoms with Crippen molar-refractivity contribution in [2.75, 3.05) is 11.0 Å². The van der Waals surface area contributed by atoms with Crippen LogP contribution in [0.1, 0.15) is 10.4 Å². The molecule has 1 aromatic rings. The number of phenols is 1. The Labute approximate surface area is 86.2 Å². The highest BCUT2D eigenvalue weighted by molar-refractivity contribution is 7.92. The van der Waals surface area contributed by atoms with Gasteiger partial charge in [0.2, 0.25) is 10.0 Å². The lowest BCUT2D eigenvalue weighted by atomic mass is 10.2. The van der Waals surface area contributed by atoms with Gasteiger partial charge in [0, 0.05) is 0 Å². The molecule has 15 heavy (non-hydrogen) atoms. The normalized spacial score (nSPS) is 11.0. The number of sulfonamides is 1. The number of hydrogen-bond donors (Lipinski definition) is 3. The van der Waals surface area contributed by atoms with Crippen LogP contribution in [0.4, 0.5) is 5.69 Å². The van der Waals surface area contributed by atoms with Gasteiger partial charge in [0.25, 0.3) is 0 Å². The maximum atomic E-state index is 10.9. The fraction of sp³-hybridized carbons (Fsp3) is 0.125. The molecule has 0 aliphatic carbocycles. The minimum atomic E-state index is -3.54. The molecule has 7 heteroatoms. The number of carbonyl (C=O) groups is 1. The molecule has 0 bridgehead atoms. The number of benzene rings is 1. The Morgan fingerprint density at radius 2 is 2.00 bits per heavy atom. The predicted molar refractivity (Wildman–Crippen MR) is 53.5 cm³/mol. The second kappa shape index (κ2) is 3.77. The lowest BCUT2D eigenvalue weighted by Gasteiger charge is -2.07. The molecule has 1 aromatic carbocycles. The average Bonchev–Trinajstić information content (AvgIpc) is 2.05. The largest absolute Gasteiger partial charge is 0.508 e. The molecule has 0 atom stereocenters. The van der Waals surface area contributed by atoms with Crippen LogP contribution in [-0.4, -0.2) is 30.9 Å². The van der Waals surface area contributed by atoms with Gasteiger partial charge in [-0.25, -0.2) is 13.2 Å². The average molecular weight is 231 g/mol. The minimum absolute atomic E-state index is 0.0807. The summed E-state index contributed by atoms with van der Waals surface area (Å²) >= 11 is 0. The van der Waals surface area contributed by atoms with Crippen LogP contribution >= 0.6 is 0 Å². The summed E-state index contributed by atoms with van der Waals surface area (Å²) in [7, 11) is -3.54. The number of rotatable bonds is 3. The second-order valence-corrected chi connectivity index (χ2v) is 4.66. The Morgan fingerprint density at radius 3 is 2.47 bits per heavy atom. The number of aromatic hydroxyl groups is 1. The first kappa shape index (κ1) is 11.3. The number of carboxylic acids is 1. The fourth-order valence-electron chi connectivity index (χ4n) is 0.998. The molecule has 82 valence electrons. The quantitative estimate of drug-likeness (QED) is 0.656. The maximum Gasteiger partial charge on any atom is 0.337 e. The fourth-order valence-corrected chi connectivity index (χ4v) is 1.58. The second-order valence-electron chi connectivity index (χ2n) is 2.91. The maximum absolute atomic E-state index is 10.9. The Kier molecular flexibility index (Phi) is 2.85. The number of carboxylic acid groups (broad SMARTS) is 1. The van der Waals surface area contributed by atoms with Gasteiger partial charge in [-0.1, -0.05) is 0 Å². The number of anilines is 1. The Balaban J connectivity index is 3.24. The van der Waals surface area contributed by atoms with Gasteiger partial charge in [0.15, 0.2) is 0 Å². The SMILES string of the molecule is CS(=O)(=O)Nc1ccc(O)cc1C(=O)O. The van der Waals surface area contributed by atoms with E-state index in [4.69, 9.17) is 10.2 Å². The zero-order chi connectivity index (χ0) is 11.6. The molecule has 0 saturated carbocycles. The Hall–Kier alpha value is -1.76. The lowest BCUT2D eigenvalue weighted by Crippen LogP contribution is -2.13. The summed E-state index contributed by atoms with van der Waals surface area (Å²) in [6.45, 7) is 0. The van der Waals surface area contributed by atoms with Crippen molar-refractivity contribution in [2.24, 2.45) is 0 Å². The summed E-state index contributed by atoms with van der Waals surface area (Å²) in [5.74, 6) is -1.57. The van der Waals surface area contributed by atoms with Crippen molar-refractivity contribution in [1.82, 2.24) is 0 Å². The van der Waals surface area contributed by atoms with Crippen LogP contribution in [0.5, 0.6) is 5.75 Å². The van der Waals surface area contributed by atoms with E-state index in [0.717, 1.165) is 12.3 Å². The van der Waals surface area contributed by atoms with Gasteiger partial charge in [0.05, 0.1) is 17.5 Å². The molecular formula is C8H9NO5S. The number of phenolic OH excluding ortho intramolecular Hbond substituents is 1. The van der Waals surface area contributed by atoms with E-state index < -0.39 is 16.0 Å². The topological polar surface area (TPSA) is 104 Å². The summed E-state index contributed by atoms with van der Waals surface area (Å²) in [6, 6.07) is 3.34. The Bertz CT molecular complexity index is 494. The summed E-state index contributed by atoms with van der Waals surface area (Å²) in [5, 5.41) is 17.8. The molecule has 0 fully saturated rings. The molecule has 0 spiro atoms. The smallest absolute Gasteiger partial charge is 0.337 e. The van der Waals surface area contributed by atoms with Crippen LogP contribution in [0.15, 0.2) is 18.2 Å². The number of nitrogens with one attached hydrogen (secondary N) is 1. The van der Waals surface area contributed by atoms with E-state index in [1.807, 2.05) is 4.72 Å². The van der Waals surface area contributed by atoms with Gasteiger partial charge >= 0.3 is 5.97 Å². The monoisotopic (exact) mass is 231 g/mol. The van der Waals surface area contributed by atoms with E-state index in [1.54, 1.807) is 0 Å². The molecule has 0 aromatic heterocycles. The van der Waals surface area contributed by atoms with Gasteiger partial charge in [-0.15, -0.1) is 0 Å². The van der Waals surface area contributed by atoms with Crippen molar-refractivity contribution in [3.63, 3.8) is 0 Å².